The second-order valence-electron chi connectivity index (χ2n) is 4.50. The number of hydrogen-bond donors (Lipinski definition) is 2. The number of amides is 2. The van der Waals surface area contributed by atoms with E-state index in [2.05, 4.69) is 10.6 Å². The fourth-order valence-corrected chi connectivity index (χ4v) is 2.78. The summed E-state index contributed by atoms with van der Waals surface area (Å²) in [5.41, 5.74) is 0.642. The van der Waals surface area contributed by atoms with Crippen molar-refractivity contribution in [3.05, 3.63) is 29.3 Å². The highest BCUT2D eigenvalue weighted by atomic mass is 35.5. The zero-order valence-corrected chi connectivity index (χ0v) is 13.7. The first-order chi connectivity index (χ1) is 9.82. The Balaban J connectivity index is 2.29. The van der Waals surface area contributed by atoms with Gasteiger partial charge < -0.3 is 10.6 Å². The van der Waals surface area contributed by atoms with Gasteiger partial charge >= 0.3 is 6.03 Å². The van der Waals surface area contributed by atoms with E-state index in [0.29, 0.717) is 36.8 Å². The number of carbonyl (C=O) groups is 1. The summed E-state index contributed by atoms with van der Waals surface area (Å²) in [5, 5.41) is 5.93. The third kappa shape index (κ3) is 6.79. The van der Waals surface area contributed by atoms with E-state index in [1.54, 1.807) is 31.2 Å². The molecule has 0 saturated heterocycles. The molecule has 118 valence electrons. The summed E-state index contributed by atoms with van der Waals surface area (Å²) >= 11 is 5.75. The van der Waals surface area contributed by atoms with Crippen molar-refractivity contribution in [2.24, 2.45) is 0 Å². The van der Waals surface area contributed by atoms with Gasteiger partial charge in [-0.2, -0.15) is 0 Å². The van der Waals surface area contributed by atoms with Crippen molar-refractivity contribution in [2.45, 2.75) is 13.3 Å². The minimum Gasteiger partial charge on any atom is -0.338 e. The molecule has 0 aliphatic heterocycles. The molecule has 2 amide bonds. The quantitative estimate of drug-likeness (QED) is 0.750. The molecule has 1 aromatic carbocycles. The van der Waals surface area contributed by atoms with Crippen LogP contribution in [0.5, 0.6) is 0 Å². The Bertz CT molecular complexity index is 561. The molecular formula is C13H20ClN3O3S. The predicted molar refractivity (Wildman–Crippen MR) is 85.2 cm³/mol. The zero-order valence-electron chi connectivity index (χ0n) is 12.1. The van der Waals surface area contributed by atoms with E-state index in [-0.39, 0.29) is 6.03 Å². The Morgan fingerprint density at radius 3 is 2.43 bits per heavy atom. The molecule has 0 spiro atoms. The average Bonchev–Trinajstić information content (AvgIpc) is 2.40. The lowest BCUT2D eigenvalue weighted by Gasteiger charge is -2.17. The van der Waals surface area contributed by atoms with Crippen LogP contribution in [0.3, 0.4) is 0 Å². The maximum Gasteiger partial charge on any atom is 0.319 e. The maximum atomic E-state index is 11.6. The van der Waals surface area contributed by atoms with Crippen LogP contribution in [0.1, 0.15) is 13.3 Å². The summed E-state index contributed by atoms with van der Waals surface area (Å²) in [5.74, 6) is 0. The SMILES string of the molecule is CCN(CCCNC(=O)Nc1ccc(Cl)cc1)S(C)(=O)=O. The summed E-state index contributed by atoms with van der Waals surface area (Å²) in [4.78, 5) is 11.6. The molecule has 0 heterocycles. The predicted octanol–water partition coefficient (Wildman–Crippen LogP) is 2.13. The zero-order chi connectivity index (χ0) is 15.9. The summed E-state index contributed by atoms with van der Waals surface area (Å²) in [6.45, 7) is 2.99. The van der Waals surface area contributed by atoms with Crippen LogP contribution < -0.4 is 10.6 Å². The smallest absolute Gasteiger partial charge is 0.319 e. The monoisotopic (exact) mass is 333 g/mol. The minimum atomic E-state index is -3.18. The highest BCUT2D eigenvalue weighted by Gasteiger charge is 2.13. The molecule has 0 aromatic heterocycles. The van der Waals surface area contributed by atoms with E-state index in [9.17, 15) is 13.2 Å². The standard InChI is InChI=1S/C13H20ClN3O3S/c1-3-17(21(2,19)20)10-4-9-15-13(18)16-12-7-5-11(14)6-8-12/h5-8H,3-4,9-10H2,1-2H3,(H2,15,16,18). The molecule has 1 rings (SSSR count). The first-order valence-corrected chi connectivity index (χ1v) is 8.81. The second kappa shape index (κ2) is 8.21. The van der Waals surface area contributed by atoms with Gasteiger partial charge in [-0.05, 0) is 30.7 Å². The van der Waals surface area contributed by atoms with Gasteiger partial charge in [-0.1, -0.05) is 18.5 Å². The van der Waals surface area contributed by atoms with E-state index < -0.39 is 10.0 Å². The summed E-state index contributed by atoms with van der Waals surface area (Å²) in [6.07, 6.45) is 1.73. The minimum absolute atomic E-state index is 0.334. The van der Waals surface area contributed by atoms with Gasteiger partial charge in [0.05, 0.1) is 6.26 Å². The van der Waals surface area contributed by atoms with E-state index in [0.717, 1.165) is 0 Å². The van der Waals surface area contributed by atoms with Crippen molar-refractivity contribution in [3.63, 3.8) is 0 Å². The Morgan fingerprint density at radius 1 is 1.29 bits per heavy atom. The number of rotatable bonds is 7. The third-order valence-electron chi connectivity index (χ3n) is 2.79. The van der Waals surface area contributed by atoms with Crippen LogP contribution in [0.4, 0.5) is 10.5 Å². The van der Waals surface area contributed by atoms with Crippen LogP contribution in [0, 0.1) is 0 Å². The molecule has 0 aliphatic rings. The Labute approximate surface area is 130 Å². The van der Waals surface area contributed by atoms with Crippen LogP contribution in [-0.2, 0) is 10.0 Å². The number of hydrogen-bond acceptors (Lipinski definition) is 3. The molecule has 2 N–H and O–H groups in total. The van der Waals surface area contributed by atoms with Crippen molar-refractivity contribution < 1.29 is 13.2 Å². The van der Waals surface area contributed by atoms with E-state index >= 15 is 0 Å². The molecule has 0 aliphatic carbocycles. The first-order valence-electron chi connectivity index (χ1n) is 6.58. The van der Waals surface area contributed by atoms with Crippen molar-refractivity contribution in [1.82, 2.24) is 9.62 Å². The third-order valence-corrected chi connectivity index (χ3v) is 4.42. The van der Waals surface area contributed by atoms with Gasteiger partial charge in [0, 0.05) is 30.3 Å². The fraction of sp³-hybridized carbons (Fsp3) is 0.462. The lowest BCUT2D eigenvalue weighted by atomic mass is 10.3. The van der Waals surface area contributed by atoms with E-state index in [4.69, 9.17) is 11.6 Å². The lowest BCUT2D eigenvalue weighted by Crippen LogP contribution is -2.34. The normalized spacial score (nSPS) is 11.4. The van der Waals surface area contributed by atoms with E-state index in [1.807, 2.05) is 0 Å². The molecular weight excluding hydrogens is 314 g/mol. The number of nitrogens with zero attached hydrogens (tertiary/aromatic N) is 1. The summed E-state index contributed by atoms with van der Waals surface area (Å²) in [7, 11) is -3.18. The molecule has 0 saturated carbocycles. The van der Waals surface area contributed by atoms with Crippen LogP contribution in [0.2, 0.25) is 5.02 Å². The molecule has 0 fully saturated rings. The van der Waals surface area contributed by atoms with Gasteiger partial charge in [-0.25, -0.2) is 17.5 Å². The molecule has 0 bridgehead atoms. The highest BCUT2D eigenvalue weighted by Crippen LogP contribution is 2.12. The first kappa shape index (κ1) is 17.7. The molecule has 0 unspecified atom stereocenters. The van der Waals surface area contributed by atoms with Gasteiger partial charge in [0.1, 0.15) is 0 Å². The van der Waals surface area contributed by atoms with Crippen LogP contribution in [0.15, 0.2) is 24.3 Å². The van der Waals surface area contributed by atoms with Gasteiger partial charge in [0.15, 0.2) is 0 Å². The van der Waals surface area contributed by atoms with Crippen LogP contribution in [0.25, 0.3) is 0 Å². The topological polar surface area (TPSA) is 78.5 Å². The van der Waals surface area contributed by atoms with Crippen LogP contribution in [-0.4, -0.2) is 44.6 Å². The van der Waals surface area contributed by atoms with Gasteiger partial charge in [0.25, 0.3) is 0 Å². The molecule has 6 nitrogen and oxygen atoms in total. The Hall–Kier alpha value is -1.31. The number of urea groups is 1. The number of anilines is 1. The van der Waals surface area contributed by atoms with Crippen molar-refractivity contribution in [2.75, 3.05) is 31.2 Å². The average molecular weight is 334 g/mol. The largest absolute Gasteiger partial charge is 0.338 e. The molecule has 0 atom stereocenters. The van der Waals surface area contributed by atoms with Gasteiger partial charge in [-0.3, -0.25) is 0 Å². The number of nitrogens with one attached hydrogen (secondary N) is 2. The molecule has 1 aromatic rings. The van der Waals surface area contributed by atoms with Gasteiger partial charge in [-0.15, -0.1) is 0 Å². The van der Waals surface area contributed by atoms with Crippen molar-refractivity contribution >= 4 is 33.3 Å². The lowest BCUT2D eigenvalue weighted by molar-refractivity contribution is 0.251. The molecule has 0 radical (unpaired) electrons. The maximum absolute atomic E-state index is 11.6. The van der Waals surface area contributed by atoms with Gasteiger partial charge in [0.2, 0.25) is 10.0 Å². The Morgan fingerprint density at radius 2 is 1.90 bits per heavy atom. The molecule has 21 heavy (non-hydrogen) atoms. The number of carbonyl (C=O) groups excluding carboxylic acids is 1. The summed E-state index contributed by atoms with van der Waals surface area (Å²) in [6, 6.07) is 6.43. The number of benzene rings is 1. The number of sulfonamides is 1. The summed E-state index contributed by atoms with van der Waals surface area (Å²) < 4.78 is 24.1. The van der Waals surface area contributed by atoms with Crippen molar-refractivity contribution in [1.29, 1.82) is 0 Å². The number of halogens is 1. The Kier molecular flexibility index (Phi) is 6.94. The van der Waals surface area contributed by atoms with E-state index in [1.165, 1.54) is 10.6 Å². The van der Waals surface area contributed by atoms with Crippen LogP contribution >= 0.6 is 11.6 Å². The fourth-order valence-electron chi connectivity index (χ4n) is 1.72. The van der Waals surface area contributed by atoms with Crippen molar-refractivity contribution in [3.8, 4) is 0 Å². The molecule has 8 heteroatoms. The highest BCUT2D eigenvalue weighted by molar-refractivity contribution is 7.88. The second-order valence-corrected chi connectivity index (χ2v) is 6.91.